The molecule has 0 aliphatic heterocycles. The van der Waals surface area contributed by atoms with Crippen molar-refractivity contribution in [1.29, 1.82) is 0 Å². The van der Waals surface area contributed by atoms with Gasteiger partial charge in [-0.3, -0.25) is 10.5 Å². The van der Waals surface area contributed by atoms with Crippen molar-refractivity contribution in [3.05, 3.63) is 0 Å². The van der Waals surface area contributed by atoms with Crippen LogP contribution < -0.4 is 32.3 Å². The Hall–Kier alpha value is -1.42. The van der Waals surface area contributed by atoms with Gasteiger partial charge >= 0.3 is 5.97 Å². The second-order valence-electron chi connectivity index (χ2n) is 6.44. The Morgan fingerprint density at radius 1 is 0.733 bits per heavy atom. The maximum absolute atomic E-state index is 11.8. The summed E-state index contributed by atoms with van der Waals surface area (Å²) in [5.74, 6) is -2.14. The molecule has 0 aromatic heterocycles. The standard InChI is InChI=1S/C17H37N6O7/c1-30-17(29)15(27)13(25)12(24)14(26)16(28)23-11-10-22-9-8-21-7-6-20-5-4-19-3-2-18/h12-15,18-22,24-27H,2-11H2,1H3,(H,23,28)/t12-,13-,14+,15+/m0/s1. The smallest absolute Gasteiger partial charge is 0.337 e. The van der Waals surface area contributed by atoms with Crippen LogP contribution in [-0.2, 0) is 14.3 Å². The van der Waals surface area contributed by atoms with Crippen molar-refractivity contribution in [3.8, 4) is 0 Å². The molecule has 0 aromatic rings. The maximum Gasteiger partial charge on any atom is 0.337 e. The van der Waals surface area contributed by atoms with Gasteiger partial charge in [0.2, 0.25) is 0 Å². The van der Waals surface area contributed by atoms with E-state index >= 15 is 0 Å². The van der Waals surface area contributed by atoms with Crippen molar-refractivity contribution in [3.63, 3.8) is 0 Å². The topological polar surface area (TPSA) is 208 Å². The van der Waals surface area contributed by atoms with Crippen LogP contribution >= 0.6 is 0 Å². The van der Waals surface area contributed by atoms with Gasteiger partial charge in [-0.2, -0.15) is 0 Å². The summed E-state index contributed by atoms with van der Waals surface area (Å²) in [5, 5.41) is 53.6. The lowest BCUT2D eigenvalue weighted by Gasteiger charge is -2.24. The molecule has 0 unspecified atom stereocenters. The fraction of sp³-hybridized carbons (Fsp3) is 0.882. The molecule has 0 spiro atoms. The second kappa shape index (κ2) is 18.4. The second-order valence-corrected chi connectivity index (χ2v) is 6.44. The molecular weight excluding hydrogens is 400 g/mol. The third kappa shape index (κ3) is 13.0. The molecule has 1 amide bonds. The summed E-state index contributed by atoms with van der Waals surface area (Å²) >= 11 is 0. The summed E-state index contributed by atoms with van der Waals surface area (Å²) in [6, 6.07) is 0. The number of ether oxygens (including phenoxy) is 1. The van der Waals surface area contributed by atoms with Gasteiger partial charge in [0, 0.05) is 65.4 Å². The van der Waals surface area contributed by atoms with Crippen molar-refractivity contribution in [2.24, 2.45) is 0 Å². The number of hydrogen-bond acceptors (Lipinski definition) is 11. The van der Waals surface area contributed by atoms with Gasteiger partial charge in [0.25, 0.3) is 5.91 Å². The average Bonchev–Trinajstić information content (AvgIpc) is 2.76. The number of hydrogen-bond donors (Lipinski definition) is 9. The van der Waals surface area contributed by atoms with Crippen molar-refractivity contribution in [1.82, 2.24) is 32.3 Å². The van der Waals surface area contributed by atoms with Gasteiger partial charge in [-0.05, 0) is 0 Å². The monoisotopic (exact) mass is 437 g/mol. The number of carbonyl (C=O) groups is 2. The van der Waals surface area contributed by atoms with E-state index in [0.717, 1.165) is 39.8 Å². The quantitative estimate of drug-likeness (QED) is 0.0687. The summed E-state index contributed by atoms with van der Waals surface area (Å²) in [4.78, 5) is 22.9. The Morgan fingerprint density at radius 2 is 1.13 bits per heavy atom. The molecule has 0 saturated carbocycles. The van der Waals surface area contributed by atoms with Gasteiger partial charge in [0.15, 0.2) is 12.2 Å². The van der Waals surface area contributed by atoms with Gasteiger partial charge in [0.1, 0.15) is 12.2 Å². The van der Waals surface area contributed by atoms with Crippen molar-refractivity contribution in [2.75, 3.05) is 72.6 Å². The number of methoxy groups -OCH3 is 1. The molecule has 13 nitrogen and oxygen atoms in total. The predicted octanol–water partition coefficient (Wildman–Crippen LogP) is -5.64. The molecule has 10 N–H and O–H groups in total. The Labute approximate surface area is 176 Å². The minimum Gasteiger partial charge on any atom is -0.467 e. The van der Waals surface area contributed by atoms with E-state index in [1.807, 2.05) is 0 Å². The van der Waals surface area contributed by atoms with Gasteiger partial charge in [0.05, 0.1) is 7.11 Å². The average molecular weight is 438 g/mol. The van der Waals surface area contributed by atoms with E-state index in [0.29, 0.717) is 26.2 Å². The first-order chi connectivity index (χ1) is 14.4. The molecule has 0 aliphatic rings. The molecule has 0 bridgehead atoms. The highest BCUT2D eigenvalue weighted by Crippen LogP contribution is 2.06. The summed E-state index contributed by atoms with van der Waals surface area (Å²) in [6.07, 6.45) is -8.23. The predicted molar refractivity (Wildman–Crippen MR) is 108 cm³/mol. The largest absolute Gasteiger partial charge is 0.467 e. The molecule has 1 radical (unpaired) electrons. The van der Waals surface area contributed by atoms with Gasteiger partial charge < -0.3 is 51.7 Å². The van der Waals surface area contributed by atoms with E-state index in [4.69, 9.17) is 5.73 Å². The first kappa shape index (κ1) is 28.6. The highest BCUT2D eigenvalue weighted by molar-refractivity contribution is 5.81. The lowest BCUT2D eigenvalue weighted by molar-refractivity contribution is -0.169. The molecule has 0 rings (SSSR count). The van der Waals surface area contributed by atoms with Crippen LogP contribution in [0.1, 0.15) is 0 Å². The zero-order valence-corrected chi connectivity index (χ0v) is 17.4. The van der Waals surface area contributed by atoms with E-state index < -0.39 is 36.3 Å². The highest BCUT2D eigenvalue weighted by Gasteiger charge is 2.37. The first-order valence-electron chi connectivity index (χ1n) is 9.92. The molecule has 4 atom stereocenters. The molecule has 13 heteroatoms. The fourth-order valence-corrected chi connectivity index (χ4v) is 2.29. The van der Waals surface area contributed by atoms with E-state index in [-0.39, 0.29) is 6.54 Å². The van der Waals surface area contributed by atoms with Crippen LogP contribution in [0.25, 0.3) is 0 Å². The zero-order chi connectivity index (χ0) is 22.8. The number of nitrogens with one attached hydrogen (secondary N) is 6. The molecule has 0 heterocycles. The number of aliphatic hydroxyl groups is 4. The number of esters is 1. The zero-order valence-electron chi connectivity index (χ0n) is 17.4. The van der Waals surface area contributed by atoms with Crippen LogP contribution in [0, 0.1) is 0 Å². The Bertz CT molecular complexity index is 460. The van der Waals surface area contributed by atoms with Crippen molar-refractivity contribution in [2.45, 2.75) is 24.4 Å². The molecule has 0 saturated heterocycles. The van der Waals surface area contributed by atoms with Gasteiger partial charge in [-0.15, -0.1) is 0 Å². The minimum atomic E-state index is -2.08. The molecule has 0 fully saturated rings. The van der Waals surface area contributed by atoms with Crippen LogP contribution in [0.5, 0.6) is 0 Å². The highest BCUT2D eigenvalue weighted by atomic mass is 16.5. The van der Waals surface area contributed by atoms with Crippen molar-refractivity contribution < 1.29 is 34.8 Å². The molecule has 0 aliphatic carbocycles. The van der Waals surface area contributed by atoms with Crippen LogP contribution in [0.4, 0.5) is 0 Å². The normalized spacial score (nSPS) is 15.3. The van der Waals surface area contributed by atoms with E-state index in [1.54, 1.807) is 0 Å². The first-order valence-corrected chi connectivity index (χ1v) is 9.92. The third-order valence-electron chi connectivity index (χ3n) is 4.05. The lowest BCUT2D eigenvalue weighted by Crippen LogP contribution is -2.53. The molecule has 177 valence electrons. The number of carbonyl (C=O) groups excluding carboxylic acids is 2. The number of aliphatic hydroxyl groups excluding tert-OH is 4. The Balaban J connectivity index is 3.69. The number of rotatable bonds is 19. The van der Waals surface area contributed by atoms with Crippen LogP contribution in [0.2, 0.25) is 0 Å². The summed E-state index contributed by atoms with van der Waals surface area (Å²) in [5.41, 5.74) is 6.99. The van der Waals surface area contributed by atoms with Crippen LogP contribution in [0.3, 0.4) is 0 Å². The molecule has 30 heavy (non-hydrogen) atoms. The summed E-state index contributed by atoms with van der Waals surface area (Å²) < 4.78 is 4.21. The van der Waals surface area contributed by atoms with Gasteiger partial charge in [-0.25, -0.2) is 4.79 Å². The van der Waals surface area contributed by atoms with Crippen molar-refractivity contribution >= 4 is 11.9 Å². The Morgan fingerprint density at radius 3 is 1.57 bits per heavy atom. The summed E-state index contributed by atoms with van der Waals surface area (Å²) in [7, 11) is 0.981. The summed E-state index contributed by atoms with van der Waals surface area (Å²) in [6.45, 7) is 6.38. The Kier molecular flexibility index (Phi) is 17.5. The SMILES string of the molecule is COC(=O)[C@H](O)[C@@H](O)[C@H](O)[C@@H](O)C(=O)NCCNCCNCCNCCNCC[NH]. The van der Waals surface area contributed by atoms with E-state index in [9.17, 15) is 30.0 Å². The molecule has 0 aromatic carbocycles. The maximum atomic E-state index is 11.8. The minimum absolute atomic E-state index is 0.172. The molecular formula is C17H37N6O7. The van der Waals surface area contributed by atoms with Gasteiger partial charge in [-0.1, -0.05) is 0 Å². The van der Waals surface area contributed by atoms with Crippen LogP contribution in [-0.4, -0.2) is 129 Å². The van der Waals surface area contributed by atoms with E-state index in [1.165, 1.54) is 0 Å². The van der Waals surface area contributed by atoms with Crippen LogP contribution in [0.15, 0.2) is 0 Å². The van der Waals surface area contributed by atoms with E-state index in [2.05, 4.69) is 31.3 Å². The lowest BCUT2D eigenvalue weighted by atomic mass is 10.0. The third-order valence-corrected chi connectivity index (χ3v) is 4.05. The number of amides is 1. The fourth-order valence-electron chi connectivity index (χ4n) is 2.29.